The highest BCUT2D eigenvalue weighted by atomic mass is 16.2. The summed E-state index contributed by atoms with van der Waals surface area (Å²) in [5.74, 6) is 0.0475. The van der Waals surface area contributed by atoms with Crippen LogP contribution in [0.15, 0.2) is 0 Å². The molecule has 1 atom stereocenters. The smallest absolute Gasteiger partial charge is 0.220 e. The molecule has 0 saturated heterocycles. The van der Waals surface area contributed by atoms with E-state index < -0.39 is 0 Å². The van der Waals surface area contributed by atoms with Crippen LogP contribution in [0.4, 0.5) is 0 Å². The summed E-state index contributed by atoms with van der Waals surface area (Å²) in [7, 11) is 0. The van der Waals surface area contributed by atoms with Crippen molar-refractivity contribution in [1.82, 2.24) is 5.32 Å². The first-order valence-corrected chi connectivity index (χ1v) is 4.43. The first-order chi connectivity index (χ1) is 5.61. The molecule has 12 heavy (non-hydrogen) atoms. The van der Waals surface area contributed by atoms with E-state index in [9.17, 15) is 9.59 Å². The van der Waals surface area contributed by atoms with Crippen molar-refractivity contribution in [1.29, 1.82) is 0 Å². The van der Waals surface area contributed by atoms with E-state index in [1.165, 1.54) is 0 Å². The van der Waals surface area contributed by atoms with Gasteiger partial charge in [-0.05, 0) is 13.3 Å². The van der Waals surface area contributed by atoms with E-state index in [1.807, 2.05) is 6.92 Å². The number of ketones is 1. The van der Waals surface area contributed by atoms with Crippen LogP contribution < -0.4 is 5.32 Å². The van der Waals surface area contributed by atoms with Gasteiger partial charge in [0.25, 0.3) is 0 Å². The molecule has 0 fully saturated rings. The van der Waals surface area contributed by atoms with Crippen molar-refractivity contribution in [3.05, 3.63) is 0 Å². The molecule has 0 aromatic rings. The highest BCUT2D eigenvalue weighted by molar-refractivity contribution is 5.88. The Morgan fingerprint density at radius 2 is 1.92 bits per heavy atom. The molecule has 1 N–H and O–H groups in total. The zero-order valence-electron chi connectivity index (χ0n) is 8.02. The topological polar surface area (TPSA) is 46.2 Å². The molecular formula is C9H17NO2. The van der Waals surface area contributed by atoms with Crippen molar-refractivity contribution in [2.45, 2.75) is 46.1 Å². The Bertz CT molecular complexity index is 166. The zero-order valence-corrected chi connectivity index (χ0v) is 8.02. The van der Waals surface area contributed by atoms with Crippen molar-refractivity contribution in [3.63, 3.8) is 0 Å². The molecule has 1 amide bonds. The van der Waals surface area contributed by atoms with Gasteiger partial charge in [-0.15, -0.1) is 0 Å². The summed E-state index contributed by atoms with van der Waals surface area (Å²) < 4.78 is 0. The van der Waals surface area contributed by atoms with Crippen LogP contribution in [0.25, 0.3) is 0 Å². The maximum absolute atomic E-state index is 11.0. The third-order valence-electron chi connectivity index (χ3n) is 1.69. The molecule has 3 nitrogen and oxygen atoms in total. The van der Waals surface area contributed by atoms with Gasteiger partial charge in [0.1, 0.15) is 0 Å². The summed E-state index contributed by atoms with van der Waals surface area (Å²) in [5, 5.41) is 2.64. The molecule has 0 aromatic heterocycles. The minimum atomic E-state index is -0.325. The van der Waals surface area contributed by atoms with Gasteiger partial charge in [0.05, 0.1) is 6.04 Å². The molecule has 0 radical (unpaired) electrons. The number of carbonyl (C=O) groups is 2. The second-order valence-electron chi connectivity index (χ2n) is 2.86. The average molecular weight is 171 g/mol. The fourth-order valence-electron chi connectivity index (χ4n) is 0.927. The van der Waals surface area contributed by atoms with E-state index in [1.54, 1.807) is 13.8 Å². The minimum absolute atomic E-state index is 0.0354. The van der Waals surface area contributed by atoms with E-state index in [0.29, 0.717) is 12.8 Å². The molecule has 0 aromatic carbocycles. The number of carbonyl (C=O) groups excluding carboxylic acids is 2. The van der Waals surface area contributed by atoms with Crippen molar-refractivity contribution < 1.29 is 9.59 Å². The Labute approximate surface area is 73.5 Å². The first kappa shape index (κ1) is 11.1. The van der Waals surface area contributed by atoms with Gasteiger partial charge in [-0.2, -0.15) is 0 Å². The number of hydrogen-bond donors (Lipinski definition) is 1. The summed E-state index contributed by atoms with van der Waals surface area (Å²) >= 11 is 0. The second kappa shape index (κ2) is 5.75. The Morgan fingerprint density at radius 1 is 1.33 bits per heavy atom. The van der Waals surface area contributed by atoms with Crippen molar-refractivity contribution in [2.24, 2.45) is 0 Å². The lowest BCUT2D eigenvalue weighted by Gasteiger charge is -2.10. The van der Waals surface area contributed by atoms with Gasteiger partial charge >= 0.3 is 0 Å². The normalized spacial score (nSPS) is 12.2. The van der Waals surface area contributed by atoms with Gasteiger partial charge in [0.15, 0.2) is 5.78 Å². The summed E-state index contributed by atoms with van der Waals surface area (Å²) in [6.07, 6.45) is 1.80. The lowest BCUT2D eigenvalue weighted by molar-refractivity contribution is -0.127. The second-order valence-corrected chi connectivity index (χ2v) is 2.86. The van der Waals surface area contributed by atoms with E-state index in [0.717, 1.165) is 6.42 Å². The lowest BCUT2D eigenvalue weighted by atomic mass is 10.1. The van der Waals surface area contributed by atoms with Gasteiger partial charge < -0.3 is 5.32 Å². The number of nitrogens with one attached hydrogen (secondary N) is 1. The number of amides is 1. The largest absolute Gasteiger partial charge is 0.347 e. The fourth-order valence-corrected chi connectivity index (χ4v) is 0.927. The van der Waals surface area contributed by atoms with E-state index >= 15 is 0 Å². The van der Waals surface area contributed by atoms with Gasteiger partial charge in [0.2, 0.25) is 5.91 Å². The Morgan fingerprint density at radius 3 is 2.33 bits per heavy atom. The maximum atomic E-state index is 11.0. The number of Topliss-reactive ketones (excluding diaryl/α,β-unsaturated/α-hetero) is 1. The molecule has 0 rings (SSSR count). The highest BCUT2D eigenvalue weighted by Crippen LogP contribution is 1.92. The van der Waals surface area contributed by atoms with Crippen LogP contribution >= 0.6 is 0 Å². The molecule has 0 aliphatic carbocycles. The highest BCUT2D eigenvalue weighted by Gasteiger charge is 2.12. The fraction of sp³-hybridized carbons (Fsp3) is 0.778. The number of hydrogen-bond acceptors (Lipinski definition) is 2. The Kier molecular flexibility index (Phi) is 5.34. The predicted molar refractivity (Wildman–Crippen MR) is 47.8 cm³/mol. The Balaban J connectivity index is 3.75. The molecule has 0 bridgehead atoms. The SMILES string of the molecule is CCCC(=O)NC(C)C(=O)CC. The maximum Gasteiger partial charge on any atom is 0.220 e. The van der Waals surface area contributed by atoms with Crippen LogP contribution in [-0.2, 0) is 9.59 Å². The van der Waals surface area contributed by atoms with Gasteiger partial charge in [0, 0.05) is 12.8 Å². The predicted octanol–water partition coefficient (Wildman–Crippen LogP) is 1.27. The van der Waals surface area contributed by atoms with Crippen LogP contribution in [0, 0.1) is 0 Å². The van der Waals surface area contributed by atoms with E-state index in [-0.39, 0.29) is 17.7 Å². The van der Waals surface area contributed by atoms with Crippen LogP contribution in [-0.4, -0.2) is 17.7 Å². The molecular weight excluding hydrogens is 154 g/mol. The van der Waals surface area contributed by atoms with Crippen molar-refractivity contribution in [2.75, 3.05) is 0 Å². The van der Waals surface area contributed by atoms with Gasteiger partial charge in [-0.1, -0.05) is 13.8 Å². The molecule has 0 spiro atoms. The third-order valence-corrected chi connectivity index (χ3v) is 1.69. The van der Waals surface area contributed by atoms with Crippen LogP contribution in [0.2, 0.25) is 0 Å². The monoisotopic (exact) mass is 171 g/mol. The first-order valence-electron chi connectivity index (χ1n) is 4.43. The quantitative estimate of drug-likeness (QED) is 0.677. The zero-order chi connectivity index (χ0) is 9.56. The van der Waals surface area contributed by atoms with Gasteiger partial charge in [-0.25, -0.2) is 0 Å². The molecule has 0 aliphatic rings. The molecule has 0 aliphatic heterocycles. The lowest BCUT2D eigenvalue weighted by Crippen LogP contribution is -2.37. The summed E-state index contributed by atoms with van der Waals surface area (Å²) in [6, 6.07) is -0.325. The minimum Gasteiger partial charge on any atom is -0.347 e. The molecule has 3 heteroatoms. The molecule has 70 valence electrons. The molecule has 1 unspecified atom stereocenters. The van der Waals surface area contributed by atoms with Crippen molar-refractivity contribution >= 4 is 11.7 Å². The van der Waals surface area contributed by atoms with Crippen molar-refractivity contribution in [3.8, 4) is 0 Å². The summed E-state index contributed by atoms with van der Waals surface area (Å²) in [4.78, 5) is 22.0. The summed E-state index contributed by atoms with van der Waals surface area (Å²) in [6.45, 7) is 5.45. The van der Waals surface area contributed by atoms with Crippen LogP contribution in [0.1, 0.15) is 40.0 Å². The molecule has 0 heterocycles. The average Bonchev–Trinajstić information content (AvgIpc) is 2.03. The number of rotatable bonds is 5. The van der Waals surface area contributed by atoms with Crippen LogP contribution in [0.3, 0.4) is 0 Å². The molecule has 0 saturated carbocycles. The Hall–Kier alpha value is -0.860. The van der Waals surface area contributed by atoms with Crippen LogP contribution in [0.5, 0.6) is 0 Å². The summed E-state index contributed by atoms with van der Waals surface area (Å²) in [5.41, 5.74) is 0. The van der Waals surface area contributed by atoms with E-state index in [4.69, 9.17) is 0 Å². The standard InChI is InChI=1S/C9H17NO2/c1-4-6-9(12)10-7(3)8(11)5-2/h7H,4-6H2,1-3H3,(H,10,12). The third kappa shape index (κ3) is 4.11. The van der Waals surface area contributed by atoms with Gasteiger partial charge in [-0.3, -0.25) is 9.59 Å². The van der Waals surface area contributed by atoms with E-state index in [2.05, 4.69) is 5.32 Å².